The van der Waals surface area contributed by atoms with E-state index >= 15 is 0 Å². The first-order valence-corrected chi connectivity index (χ1v) is 7.98. The molecular weight excluding hydrogens is 324 g/mol. The van der Waals surface area contributed by atoms with E-state index in [1.807, 2.05) is 54.6 Å². The number of carbonyl (C=O) groups is 1. The molecule has 1 aromatic carbocycles. The molecule has 24 heavy (non-hydrogen) atoms. The number of allylic oxidation sites excluding steroid dienone is 3. The Hall–Kier alpha value is -2.80. The molecule has 0 spiro atoms. The highest BCUT2D eigenvalue weighted by Crippen LogP contribution is 2.31. The van der Waals surface area contributed by atoms with Crippen LogP contribution in [-0.4, -0.2) is 26.8 Å². The average Bonchev–Trinajstić information content (AvgIpc) is 3.05. The van der Waals surface area contributed by atoms with Crippen molar-refractivity contribution in [2.45, 2.75) is 6.54 Å². The quantitative estimate of drug-likeness (QED) is 0.873. The molecule has 1 aliphatic carbocycles. The van der Waals surface area contributed by atoms with E-state index in [0.29, 0.717) is 18.1 Å². The maximum absolute atomic E-state index is 12.8. The summed E-state index contributed by atoms with van der Waals surface area (Å²) in [5, 5.41) is 12.7. The van der Waals surface area contributed by atoms with Crippen LogP contribution in [0.15, 0.2) is 64.2 Å². The number of carbonyl (C=O) groups excluding carboxylic acids is 1. The standard InChI is InChI=1S/C17H14N4O2S/c22-16-13-9-5-4-8-12(13)14(15-18-19-17(24)23-15)20-21(16)10-11-6-2-1-3-7-11/h1-9,12-13H,10H2,(H,19,24)/t12-,13+/m0/s1. The second-order valence-corrected chi connectivity index (χ2v) is 5.98. The van der Waals surface area contributed by atoms with Crippen LogP contribution in [0.2, 0.25) is 0 Å². The van der Waals surface area contributed by atoms with Crippen molar-refractivity contribution >= 4 is 23.8 Å². The molecule has 7 heteroatoms. The summed E-state index contributed by atoms with van der Waals surface area (Å²) in [6, 6.07) is 9.74. The third kappa shape index (κ3) is 2.63. The molecular formula is C17H14N4O2S. The van der Waals surface area contributed by atoms with Gasteiger partial charge in [-0.05, 0) is 17.8 Å². The molecule has 1 aromatic heterocycles. The number of hydrogen-bond acceptors (Lipinski definition) is 5. The lowest BCUT2D eigenvalue weighted by Gasteiger charge is -2.33. The van der Waals surface area contributed by atoms with Gasteiger partial charge in [-0.3, -0.25) is 4.79 Å². The number of nitrogens with zero attached hydrogens (tertiary/aromatic N) is 3. The summed E-state index contributed by atoms with van der Waals surface area (Å²) in [6.45, 7) is 0.398. The zero-order chi connectivity index (χ0) is 16.5. The minimum atomic E-state index is -0.313. The van der Waals surface area contributed by atoms with E-state index in [1.54, 1.807) is 0 Å². The number of amides is 1. The third-order valence-corrected chi connectivity index (χ3v) is 4.23. The van der Waals surface area contributed by atoms with Crippen molar-refractivity contribution in [3.05, 3.63) is 70.9 Å². The molecule has 120 valence electrons. The van der Waals surface area contributed by atoms with E-state index in [2.05, 4.69) is 15.3 Å². The Morgan fingerprint density at radius 3 is 2.62 bits per heavy atom. The number of aromatic nitrogens is 2. The van der Waals surface area contributed by atoms with Gasteiger partial charge in [-0.2, -0.15) is 5.10 Å². The summed E-state index contributed by atoms with van der Waals surface area (Å²) in [6.07, 6.45) is 7.61. The van der Waals surface area contributed by atoms with Gasteiger partial charge in [-0.1, -0.05) is 54.6 Å². The van der Waals surface area contributed by atoms with Crippen molar-refractivity contribution in [1.29, 1.82) is 0 Å². The number of benzene rings is 1. The maximum Gasteiger partial charge on any atom is 0.284 e. The van der Waals surface area contributed by atoms with Crippen LogP contribution in [-0.2, 0) is 11.3 Å². The topological polar surface area (TPSA) is 74.5 Å². The van der Waals surface area contributed by atoms with Crippen LogP contribution >= 0.6 is 12.2 Å². The minimum Gasteiger partial charge on any atom is -0.408 e. The lowest BCUT2D eigenvalue weighted by Crippen LogP contribution is -2.43. The van der Waals surface area contributed by atoms with Gasteiger partial charge in [-0.25, -0.2) is 10.1 Å². The molecule has 1 N–H and O–H groups in total. The van der Waals surface area contributed by atoms with Crippen molar-refractivity contribution in [1.82, 2.24) is 15.2 Å². The molecule has 0 bridgehead atoms. The number of hydrogen-bond donors (Lipinski definition) is 1. The van der Waals surface area contributed by atoms with Gasteiger partial charge in [0.25, 0.3) is 16.6 Å². The smallest absolute Gasteiger partial charge is 0.284 e. The van der Waals surface area contributed by atoms with Crippen molar-refractivity contribution < 1.29 is 9.21 Å². The summed E-state index contributed by atoms with van der Waals surface area (Å²) in [4.78, 5) is 13.0. The molecule has 6 nitrogen and oxygen atoms in total. The van der Waals surface area contributed by atoms with E-state index in [-0.39, 0.29) is 22.6 Å². The van der Waals surface area contributed by atoms with E-state index in [4.69, 9.17) is 16.6 Å². The number of H-pyrrole nitrogens is 1. The largest absolute Gasteiger partial charge is 0.408 e. The highest BCUT2D eigenvalue weighted by atomic mass is 32.1. The average molecular weight is 338 g/mol. The van der Waals surface area contributed by atoms with Crippen molar-refractivity contribution in [3.63, 3.8) is 0 Å². The lowest BCUT2D eigenvalue weighted by atomic mass is 9.82. The van der Waals surface area contributed by atoms with Gasteiger partial charge < -0.3 is 4.42 Å². The maximum atomic E-state index is 12.8. The monoisotopic (exact) mass is 338 g/mol. The first-order chi connectivity index (χ1) is 11.7. The second kappa shape index (κ2) is 6.01. The fraction of sp³-hybridized carbons (Fsp3) is 0.176. The fourth-order valence-corrected chi connectivity index (χ4v) is 3.04. The van der Waals surface area contributed by atoms with E-state index in [9.17, 15) is 4.79 Å². The van der Waals surface area contributed by atoms with Crippen molar-refractivity contribution in [2.24, 2.45) is 16.9 Å². The molecule has 1 aliphatic heterocycles. The Labute approximate surface area is 143 Å². The van der Waals surface area contributed by atoms with Gasteiger partial charge in [0.2, 0.25) is 0 Å². The fourth-order valence-electron chi connectivity index (χ4n) is 2.92. The zero-order valence-corrected chi connectivity index (χ0v) is 13.4. The molecule has 0 unspecified atom stereocenters. The van der Waals surface area contributed by atoms with E-state index in [1.165, 1.54) is 5.01 Å². The van der Waals surface area contributed by atoms with Crippen molar-refractivity contribution in [3.8, 4) is 0 Å². The van der Waals surface area contributed by atoms with Gasteiger partial charge in [-0.15, -0.1) is 5.10 Å². The Morgan fingerprint density at radius 1 is 1.17 bits per heavy atom. The number of hydrazone groups is 1. The van der Waals surface area contributed by atoms with Gasteiger partial charge in [0.15, 0.2) is 0 Å². The normalized spacial score (nSPS) is 22.4. The summed E-state index contributed by atoms with van der Waals surface area (Å²) >= 11 is 4.95. The predicted molar refractivity (Wildman–Crippen MR) is 90.5 cm³/mol. The summed E-state index contributed by atoms with van der Waals surface area (Å²) in [7, 11) is 0. The summed E-state index contributed by atoms with van der Waals surface area (Å²) in [5.41, 5.74) is 1.61. The highest BCUT2D eigenvalue weighted by Gasteiger charge is 2.39. The SMILES string of the molecule is O=C1[C@@H]2C=CC=C[C@@H]2C(c2n[nH]c(=S)o2)=NN1Cc1ccccc1. The van der Waals surface area contributed by atoms with Crippen LogP contribution in [0, 0.1) is 16.7 Å². The first kappa shape index (κ1) is 14.8. The number of fused-ring (bicyclic) bond motifs is 1. The highest BCUT2D eigenvalue weighted by molar-refractivity contribution is 7.71. The molecule has 1 amide bonds. The van der Waals surface area contributed by atoms with Gasteiger partial charge >= 0.3 is 0 Å². The Kier molecular flexibility index (Phi) is 3.70. The van der Waals surface area contributed by atoms with Crippen LogP contribution in [0.4, 0.5) is 0 Å². The van der Waals surface area contributed by atoms with E-state index in [0.717, 1.165) is 5.56 Å². The molecule has 4 rings (SSSR count). The van der Waals surface area contributed by atoms with E-state index < -0.39 is 0 Å². The number of nitrogens with one attached hydrogen (secondary N) is 1. The molecule has 0 fully saturated rings. The zero-order valence-electron chi connectivity index (χ0n) is 12.6. The second-order valence-electron chi connectivity index (χ2n) is 5.61. The summed E-state index contributed by atoms with van der Waals surface area (Å²) < 4.78 is 5.43. The van der Waals surface area contributed by atoms with Crippen LogP contribution in [0.3, 0.4) is 0 Å². The Morgan fingerprint density at radius 2 is 1.92 bits per heavy atom. The van der Waals surface area contributed by atoms with Gasteiger partial charge in [0.05, 0.1) is 12.5 Å². The third-order valence-electron chi connectivity index (χ3n) is 4.05. The predicted octanol–water partition coefficient (Wildman–Crippen LogP) is 2.84. The summed E-state index contributed by atoms with van der Waals surface area (Å²) in [5.74, 6) is -0.231. The van der Waals surface area contributed by atoms with Crippen LogP contribution in [0.5, 0.6) is 0 Å². The Bertz CT molecular complexity index is 910. The molecule has 2 aliphatic rings. The number of rotatable bonds is 3. The molecule has 0 saturated carbocycles. The molecule has 2 atom stereocenters. The molecule has 0 saturated heterocycles. The molecule has 0 radical (unpaired) electrons. The molecule has 2 heterocycles. The van der Waals surface area contributed by atoms with Crippen LogP contribution in [0.25, 0.3) is 0 Å². The van der Waals surface area contributed by atoms with Crippen LogP contribution in [0.1, 0.15) is 11.5 Å². The van der Waals surface area contributed by atoms with Crippen LogP contribution < -0.4 is 0 Å². The first-order valence-electron chi connectivity index (χ1n) is 7.57. The van der Waals surface area contributed by atoms with Gasteiger partial charge in [0.1, 0.15) is 5.71 Å². The Balaban J connectivity index is 1.75. The lowest BCUT2D eigenvalue weighted by molar-refractivity contribution is -0.136. The number of aromatic amines is 1. The van der Waals surface area contributed by atoms with Gasteiger partial charge in [0, 0.05) is 5.92 Å². The minimum absolute atomic E-state index is 0.0395. The van der Waals surface area contributed by atoms with Crippen molar-refractivity contribution in [2.75, 3.05) is 0 Å². The molecule has 2 aromatic rings.